The Hall–Kier alpha value is -3.12. The zero-order valence-corrected chi connectivity index (χ0v) is 18.6. The highest BCUT2D eigenvalue weighted by molar-refractivity contribution is 7.92. The quantitative estimate of drug-likeness (QED) is 0.587. The van der Waals surface area contributed by atoms with Crippen molar-refractivity contribution in [1.29, 1.82) is 0 Å². The summed E-state index contributed by atoms with van der Waals surface area (Å²) < 4.78 is 28.7. The lowest BCUT2D eigenvalue weighted by Gasteiger charge is -2.14. The molecule has 0 aliphatic carbocycles. The standard InChI is InChI=1S/C24H26N2O3S/c1-15-11-16(2)13-21(12-15)26-30(28,29)22-14-20(10-9-17(22)3)24(27)25-23-18(4)7-6-8-19(23)5/h6-14,26H,1-5H3,(H,25,27). The molecule has 0 aliphatic rings. The Morgan fingerprint density at radius 2 is 1.37 bits per heavy atom. The minimum absolute atomic E-state index is 0.0795. The Kier molecular flexibility index (Phi) is 5.99. The zero-order valence-electron chi connectivity index (χ0n) is 17.8. The average molecular weight is 423 g/mol. The van der Waals surface area contributed by atoms with Crippen molar-refractivity contribution in [3.63, 3.8) is 0 Å². The number of hydrogen-bond acceptors (Lipinski definition) is 3. The van der Waals surface area contributed by atoms with Crippen LogP contribution in [0.15, 0.2) is 59.5 Å². The molecule has 3 aromatic rings. The molecule has 1 amide bonds. The van der Waals surface area contributed by atoms with Crippen LogP contribution in [0.4, 0.5) is 11.4 Å². The SMILES string of the molecule is Cc1cc(C)cc(NS(=O)(=O)c2cc(C(=O)Nc3c(C)cccc3C)ccc2C)c1. The lowest BCUT2D eigenvalue weighted by molar-refractivity contribution is 0.102. The van der Waals surface area contributed by atoms with Crippen molar-refractivity contribution in [2.45, 2.75) is 39.5 Å². The maximum atomic E-state index is 13.0. The van der Waals surface area contributed by atoms with Gasteiger partial charge in [0.05, 0.1) is 4.90 Å². The molecule has 0 aliphatic heterocycles. The zero-order chi connectivity index (χ0) is 22.1. The number of aryl methyl sites for hydroxylation is 5. The molecule has 0 bridgehead atoms. The Bertz CT molecular complexity index is 1190. The first-order chi connectivity index (χ1) is 14.1. The van der Waals surface area contributed by atoms with E-state index in [1.807, 2.05) is 52.0 Å². The Balaban J connectivity index is 1.93. The van der Waals surface area contributed by atoms with Gasteiger partial charge < -0.3 is 5.32 Å². The molecule has 3 rings (SSSR count). The average Bonchev–Trinajstić information content (AvgIpc) is 2.63. The van der Waals surface area contributed by atoms with Crippen LogP contribution in [-0.2, 0) is 10.0 Å². The number of carbonyl (C=O) groups is 1. The summed E-state index contributed by atoms with van der Waals surface area (Å²) in [5, 5.41) is 2.90. The van der Waals surface area contributed by atoms with Crippen LogP contribution in [-0.4, -0.2) is 14.3 Å². The number of hydrogen-bond donors (Lipinski definition) is 2. The summed E-state index contributed by atoms with van der Waals surface area (Å²) in [6, 6.07) is 16.0. The number of sulfonamides is 1. The van der Waals surface area contributed by atoms with Gasteiger partial charge in [-0.1, -0.05) is 30.3 Å². The number of anilines is 2. The van der Waals surface area contributed by atoms with E-state index in [4.69, 9.17) is 0 Å². The number of rotatable bonds is 5. The normalized spacial score (nSPS) is 11.2. The van der Waals surface area contributed by atoms with Crippen molar-refractivity contribution in [2.24, 2.45) is 0 Å². The van der Waals surface area contributed by atoms with Crippen molar-refractivity contribution < 1.29 is 13.2 Å². The summed E-state index contributed by atoms with van der Waals surface area (Å²) in [7, 11) is -3.85. The molecule has 0 heterocycles. The minimum atomic E-state index is -3.85. The topological polar surface area (TPSA) is 75.3 Å². The molecule has 0 saturated heterocycles. The van der Waals surface area contributed by atoms with Crippen molar-refractivity contribution >= 4 is 27.3 Å². The predicted octanol–water partition coefficient (Wildman–Crippen LogP) is 5.28. The van der Waals surface area contributed by atoms with Gasteiger partial charge in [0.1, 0.15) is 0 Å². The van der Waals surface area contributed by atoms with Crippen LogP contribution in [0, 0.1) is 34.6 Å². The first-order valence-corrected chi connectivity index (χ1v) is 11.1. The molecule has 30 heavy (non-hydrogen) atoms. The molecule has 0 radical (unpaired) electrons. The first kappa shape index (κ1) is 21.6. The van der Waals surface area contributed by atoms with E-state index < -0.39 is 10.0 Å². The van der Waals surface area contributed by atoms with E-state index >= 15 is 0 Å². The summed E-state index contributed by atoms with van der Waals surface area (Å²) in [5.74, 6) is -0.352. The van der Waals surface area contributed by atoms with Crippen LogP contribution in [0.2, 0.25) is 0 Å². The molecule has 6 heteroatoms. The van der Waals surface area contributed by atoms with E-state index in [2.05, 4.69) is 10.0 Å². The fraction of sp³-hybridized carbons (Fsp3) is 0.208. The summed E-state index contributed by atoms with van der Waals surface area (Å²) in [5.41, 5.74) is 5.90. The van der Waals surface area contributed by atoms with E-state index in [-0.39, 0.29) is 16.4 Å². The van der Waals surface area contributed by atoms with Gasteiger partial charge in [-0.15, -0.1) is 0 Å². The van der Waals surface area contributed by atoms with Gasteiger partial charge in [0.2, 0.25) is 0 Å². The number of amides is 1. The fourth-order valence-corrected chi connectivity index (χ4v) is 4.78. The number of carbonyl (C=O) groups excluding carboxylic acids is 1. The van der Waals surface area contributed by atoms with Gasteiger partial charge >= 0.3 is 0 Å². The number of para-hydroxylation sites is 1. The molecule has 156 valence electrons. The van der Waals surface area contributed by atoms with Gasteiger partial charge in [-0.3, -0.25) is 9.52 Å². The molecular weight excluding hydrogens is 396 g/mol. The van der Waals surface area contributed by atoms with Gasteiger partial charge in [0.25, 0.3) is 15.9 Å². The number of benzene rings is 3. The van der Waals surface area contributed by atoms with Gasteiger partial charge in [-0.25, -0.2) is 8.42 Å². The molecule has 0 unspecified atom stereocenters. The monoisotopic (exact) mass is 422 g/mol. The Labute approximate surface area is 178 Å². The lowest BCUT2D eigenvalue weighted by atomic mass is 10.1. The molecular formula is C24H26N2O3S. The van der Waals surface area contributed by atoms with Gasteiger partial charge in [0, 0.05) is 16.9 Å². The van der Waals surface area contributed by atoms with Crippen LogP contribution >= 0.6 is 0 Å². The second kappa shape index (κ2) is 8.32. The van der Waals surface area contributed by atoms with Crippen LogP contribution < -0.4 is 10.0 Å². The number of nitrogens with one attached hydrogen (secondary N) is 2. The highest BCUT2D eigenvalue weighted by Crippen LogP contribution is 2.24. The minimum Gasteiger partial charge on any atom is -0.322 e. The molecule has 2 N–H and O–H groups in total. The lowest BCUT2D eigenvalue weighted by Crippen LogP contribution is -2.18. The molecule has 5 nitrogen and oxygen atoms in total. The van der Waals surface area contributed by atoms with E-state index in [9.17, 15) is 13.2 Å². The van der Waals surface area contributed by atoms with Gasteiger partial charge in [-0.2, -0.15) is 0 Å². The highest BCUT2D eigenvalue weighted by Gasteiger charge is 2.20. The maximum absolute atomic E-state index is 13.0. The van der Waals surface area contributed by atoms with Crippen LogP contribution in [0.25, 0.3) is 0 Å². The van der Waals surface area contributed by atoms with Crippen molar-refractivity contribution in [2.75, 3.05) is 10.0 Å². The van der Waals surface area contributed by atoms with Gasteiger partial charge in [-0.05, 0) is 86.7 Å². The predicted molar refractivity (Wildman–Crippen MR) is 122 cm³/mol. The Morgan fingerprint density at radius 1 is 0.767 bits per heavy atom. The summed E-state index contributed by atoms with van der Waals surface area (Å²) in [6.45, 7) is 9.37. The van der Waals surface area contributed by atoms with Crippen LogP contribution in [0.5, 0.6) is 0 Å². The van der Waals surface area contributed by atoms with Crippen molar-refractivity contribution in [1.82, 2.24) is 0 Å². The van der Waals surface area contributed by atoms with E-state index in [0.717, 1.165) is 27.9 Å². The summed E-state index contributed by atoms with van der Waals surface area (Å²) in [4.78, 5) is 12.9. The summed E-state index contributed by atoms with van der Waals surface area (Å²) >= 11 is 0. The molecule has 0 saturated carbocycles. The highest BCUT2D eigenvalue weighted by atomic mass is 32.2. The Morgan fingerprint density at radius 3 is 1.97 bits per heavy atom. The first-order valence-electron chi connectivity index (χ1n) is 9.66. The van der Waals surface area contributed by atoms with Crippen molar-refractivity contribution in [3.8, 4) is 0 Å². The smallest absolute Gasteiger partial charge is 0.262 e. The molecule has 0 fully saturated rings. The summed E-state index contributed by atoms with van der Waals surface area (Å²) in [6.07, 6.45) is 0. The third-order valence-corrected chi connectivity index (χ3v) is 6.46. The third-order valence-electron chi connectivity index (χ3n) is 4.93. The second-order valence-electron chi connectivity index (χ2n) is 7.68. The molecule has 0 spiro atoms. The van der Waals surface area contributed by atoms with Crippen LogP contribution in [0.3, 0.4) is 0 Å². The van der Waals surface area contributed by atoms with Crippen LogP contribution in [0.1, 0.15) is 38.2 Å². The van der Waals surface area contributed by atoms with Crippen molar-refractivity contribution in [3.05, 3.63) is 88.0 Å². The van der Waals surface area contributed by atoms with E-state index in [1.165, 1.54) is 6.07 Å². The van der Waals surface area contributed by atoms with Gasteiger partial charge in [0.15, 0.2) is 0 Å². The van der Waals surface area contributed by atoms with E-state index in [0.29, 0.717) is 11.3 Å². The maximum Gasteiger partial charge on any atom is 0.262 e. The third kappa shape index (κ3) is 4.71. The fourth-order valence-electron chi connectivity index (χ4n) is 3.47. The largest absolute Gasteiger partial charge is 0.322 e. The second-order valence-corrected chi connectivity index (χ2v) is 9.33. The van der Waals surface area contributed by atoms with E-state index in [1.54, 1.807) is 31.2 Å². The molecule has 3 aromatic carbocycles. The molecule has 0 atom stereocenters. The molecule has 0 aromatic heterocycles.